The zero-order valence-electron chi connectivity index (χ0n) is 16.4. The van der Waals surface area contributed by atoms with Crippen LogP contribution in [0.4, 0.5) is 5.69 Å². The molecule has 150 valence electrons. The van der Waals surface area contributed by atoms with E-state index in [1.54, 1.807) is 18.2 Å². The maximum atomic E-state index is 13.0. The molecule has 0 spiro atoms. The molecule has 3 aromatic rings. The average molecular weight is 409 g/mol. The lowest BCUT2D eigenvalue weighted by Gasteiger charge is -2.19. The molecule has 3 rings (SSSR count). The van der Waals surface area contributed by atoms with Crippen molar-refractivity contribution in [3.05, 3.63) is 95.6 Å². The maximum Gasteiger partial charge on any atom is 0.242 e. The van der Waals surface area contributed by atoms with Crippen LogP contribution in [0, 0.1) is 13.8 Å². The van der Waals surface area contributed by atoms with Gasteiger partial charge in [0.05, 0.1) is 4.90 Å². The van der Waals surface area contributed by atoms with E-state index in [0.717, 1.165) is 16.7 Å². The molecule has 6 heteroatoms. The van der Waals surface area contributed by atoms with E-state index in [-0.39, 0.29) is 11.3 Å². The normalized spacial score (nSPS) is 12.3. The Hall–Kier alpha value is -2.96. The van der Waals surface area contributed by atoms with Crippen molar-refractivity contribution in [3.8, 4) is 0 Å². The smallest absolute Gasteiger partial charge is 0.242 e. The van der Waals surface area contributed by atoms with Gasteiger partial charge in [0.25, 0.3) is 0 Å². The van der Waals surface area contributed by atoms with Crippen LogP contribution in [0.3, 0.4) is 0 Å². The van der Waals surface area contributed by atoms with Crippen molar-refractivity contribution >= 4 is 21.6 Å². The first kappa shape index (κ1) is 20.8. The van der Waals surface area contributed by atoms with Crippen LogP contribution in [0.5, 0.6) is 0 Å². The van der Waals surface area contributed by atoms with E-state index in [0.29, 0.717) is 5.69 Å². The highest BCUT2D eigenvalue weighted by molar-refractivity contribution is 7.89. The van der Waals surface area contributed by atoms with Crippen LogP contribution in [0.15, 0.2) is 83.8 Å². The second kappa shape index (κ2) is 9.03. The number of nitrogens with one attached hydrogen (secondary N) is 2. The molecule has 0 aliphatic heterocycles. The molecule has 0 fully saturated rings. The lowest BCUT2D eigenvalue weighted by atomic mass is 10.1. The summed E-state index contributed by atoms with van der Waals surface area (Å²) >= 11 is 0. The van der Waals surface area contributed by atoms with Gasteiger partial charge in [-0.1, -0.05) is 66.2 Å². The van der Waals surface area contributed by atoms with E-state index in [1.807, 2.05) is 62.4 Å². The molecule has 0 bridgehead atoms. The standard InChI is InChI=1S/C23H24N2O3S/c1-17-13-14-21(18(2)15-17)24-23(26)22(16-19-9-5-3-6-10-19)25-29(27,28)20-11-7-4-8-12-20/h3-15,22,25H,16H2,1-2H3,(H,24,26)/t22-/m1/s1. The minimum Gasteiger partial charge on any atom is -0.324 e. The zero-order valence-corrected chi connectivity index (χ0v) is 17.2. The highest BCUT2D eigenvalue weighted by Gasteiger charge is 2.26. The van der Waals surface area contributed by atoms with Crippen molar-refractivity contribution in [2.75, 3.05) is 5.32 Å². The van der Waals surface area contributed by atoms with Gasteiger partial charge in [-0.25, -0.2) is 8.42 Å². The zero-order chi connectivity index (χ0) is 20.9. The monoisotopic (exact) mass is 408 g/mol. The molecule has 0 aliphatic carbocycles. The number of carbonyl (C=O) groups is 1. The van der Waals surface area contributed by atoms with Gasteiger partial charge in [0, 0.05) is 5.69 Å². The molecule has 5 nitrogen and oxygen atoms in total. The molecule has 0 heterocycles. The Morgan fingerprint density at radius 2 is 1.52 bits per heavy atom. The predicted molar refractivity (Wildman–Crippen MR) is 115 cm³/mol. The molecule has 1 atom stereocenters. The second-order valence-corrected chi connectivity index (χ2v) is 8.70. The summed E-state index contributed by atoms with van der Waals surface area (Å²) in [5.41, 5.74) is 3.54. The fourth-order valence-corrected chi connectivity index (χ4v) is 4.28. The van der Waals surface area contributed by atoms with Gasteiger partial charge in [-0.3, -0.25) is 4.79 Å². The number of hydrogen-bond donors (Lipinski definition) is 2. The molecule has 29 heavy (non-hydrogen) atoms. The Balaban J connectivity index is 1.87. The summed E-state index contributed by atoms with van der Waals surface area (Å²) in [5, 5.41) is 2.87. The molecule has 1 amide bonds. The number of hydrogen-bond acceptors (Lipinski definition) is 3. The van der Waals surface area contributed by atoms with Crippen molar-refractivity contribution in [2.24, 2.45) is 0 Å². The molecule has 0 saturated heterocycles. The summed E-state index contributed by atoms with van der Waals surface area (Å²) in [4.78, 5) is 13.1. The summed E-state index contributed by atoms with van der Waals surface area (Å²) in [5.74, 6) is -0.402. The first-order valence-corrected chi connectivity index (χ1v) is 10.8. The molecule has 0 aromatic heterocycles. The van der Waals surface area contributed by atoms with E-state index in [9.17, 15) is 13.2 Å². The van der Waals surface area contributed by atoms with Crippen LogP contribution >= 0.6 is 0 Å². The lowest BCUT2D eigenvalue weighted by Crippen LogP contribution is -2.45. The van der Waals surface area contributed by atoms with Gasteiger partial charge < -0.3 is 5.32 Å². The van der Waals surface area contributed by atoms with Gasteiger partial charge >= 0.3 is 0 Å². The second-order valence-electron chi connectivity index (χ2n) is 6.98. The van der Waals surface area contributed by atoms with E-state index in [2.05, 4.69) is 10.0 Å². The molecule has 2 N–H and O–H groups in total. The third kappa shape index (κ3) is 5.53. The minimum absolute atomic E-state index is 0.123. The van der Waals surface area contributed by atoms with Crippen molar-refractivity contribution in [1.29, 1.82) is 0 Å². The number of anilines is 1. The summed E-state index contributed by atoms with van der Waals surface area (Å²) in [6.45, 7) is 3.88. The maximum absolute atomic E-state index is 13.0. The van der Waals surface area contributed by atoms with Crippen LogP contribution in [0.1, 0.15) is 16.7 Å². The number of sulfonamides is 1. The van der Waals surface area contributed by atoms with Gasteiger partial charge in [-0.05, 0) is 49.6 Å². The van der Waals surface area contributed by atoms with Crippen LogP contribution in [-0.2, 0) is 21.2 Å². The Morgan fingerprint density at radius 3 is 2.14 bits per heavy atom. The summed E-state index contributed by atoms with van der Waals surface area (Å²) in [6.07, 6.45) is 0.240. The number of rotatable bonds is 7. The number of amides is 1. The molecular weight excluding hydrogens is 384 g/mol. The number of benzene rings is 3. The van der Waals surface area contributed by atoms with Gasteiger partial charge in [-0.15, -0.1) is 0 Å². The fourth-order valence-electron chi connectivity index (χ4n) is 3.07. The topological polar surface area (TPSA) is 75.3 Å². The highest BCUT2D eigenvalue weighted by Crippen LogP contribution is 2.18. The third-order valence-corrected chi connectivity index (χ3v) is 6.08. The van der Waals surface area contributed by atoms with E-state index >= 15 is 0 Å². The molecule has 0 saturated carbocycles. The first-order chi connectivity index (χ1) is 13.8. The Kier molecular flexibility index (Phi) is 6.46. The van der Waals surface area contributed by atoms with Crippen LogP contribution in [-0.4, -0.2) is 20.4 Å². The fraction of sp³-hybridized carbons (Fsp3) is 0.174. The lowest BCUT2D eigenvalue weighted by molar-refractivity contribution is -0.117. The van der Waals surface area contributed by atoms with Gasteiger partial charge in [-0.2, -0.15) is 4.72 Å². The van der Waals surface area contributed by atoms with Crippen LogP contribution in [0.2, 0.25) is 0 Å². The minimum atomic E-state index is -3.84. The Labute approximate surface area is 171 Å². The van der Waals surface area contributed by atoms with E-state index in [4.69, 9.17) is 0 Å². The van der Waals surface area contributed by atoms with Gasteiger partial charge in [0.15, 0.2) is 0 Å². The molecule has 3 aromatic carbocycles. The Bertz CT molecular complexity index is 1080. The van der Waals surface area contributed by atoms with Crippen molar-refractivity contribution < 1.29 is 13.2 Å². The van der Waals surface area contributed by atoms with Gasteiger partial charge in [0.2, 0.25) is 15.9 Å². The van der Waals surface area contributed by atoms with E-state index < -0.39 is 22.0 Å². The van der Waals surface area contributed by atoms with Crippen LogP contribution < -0.4 is 10.0 Å². The summed E-state index contributed by atoms with van der Waals surface area (Å²) in [6, 6.07) is 22.1. The van der Waals surface area contributed by atoms with E-state index in [1.165, 1.54) is 12.1 Å². The van der Waals surface area contributed by atoms with Crippen LogP contribution in [0.25, 0.3) is 0 Å². The highest BCUT2D eigenvalue weighted by atomic mass is 32.2. The summed E-state index contributed by atoms with van der Waals surface area (Å²) in [7, 11) is -3.84. The number of aryl methyl sites for hydroxylation is 2. The third-order valence-electron chi connectivity index (χ3n) is 4.59. The quantitative estimate of drug-likeness (QED) is 0.624. The molecule has 0 aliphatic rings. The number of carbonyl (C=O) groups excluding carboxylic acids is 1. The van der Waals surface area contributed by atoms with Gasteiger partial charge in [0.1, 0.15) is 6.04 Å². The largest absolute Gasteiger partial charge is 0.324 e. The van der Waals surface area contributed by atoms with Crippen molar-refractivity contribution in [3.63, 3.8) is 0 Å². The molecule has 0 radical (unpaired) electrons. The first-order valence-electron chi connectivity index (χ1n) is 9.34. The van der Waals surface area contributed by atoms with Crippen molar-refractivity contribution in [1.82, 2.24) is 4.72 Å². The van der Waals surface area contributed by atoms with Crippen molar-refractivity contribution in [2.45, 2.75) is 31.2 Å². The average Bonchev–Trinajstić information content (AvgIpc) is 2.71. The SMILES string of the molecule is Cc1ccc(NC(=O)[C@@H](Cc2ccccc2)NS(=O)(=O)c2ccccc2)c(C)c1. The predicted octanol–water partition coefficient (Wildman–Crippen LogP) is 3.83. The molecule has 0 unspecified atom stereocenters. The molecular formula is C23H24N2O3S. The summed E-state index contributed by atoms with van der Waals surface area (Å²) < 4.78 is 28.2. The Morgan fingerprint density at radius 1 is 0.897 bits per heavy atom.